The average Bonchev–Trinajstić information content (AvgIpc) is 3.29. The first kappa shape index (κ1) is 60.6. The molecule has 1 atom stereocenters. The van der Waals surface area contributed by atoms with Crippen molar-refractivity contribution in [3.05, 3.63) is 85.1 Å². The fourth-order valence-corrected chi connectivity index (χ4v) is 7.15. The van der Waals surface area contributed by atoms with Crippen LogP contribution in [0.3, 0.4) is 0 Å². The zero-order valence-corrected chi connectivity index (χ0v) is 41.8. The lowest BCUT2D eigenvalue weighted by atomic mass is 10.1. The molecule has 0 radical (unpaired) electrons. The predicted molar refractivity (Wildman–Crippen MR) is 274 cm³/mol. The molecule has 0 fully saturated rings. The molecular weight excluding hydrogens is 793 g/mol. The fourth-order valence-electron chi connectivity index (χ4n) is 7.15. The van der Waals surface area contributed by atoms with Crippen LogP contribution in [0, 0.1) is 0 Å². The monoisotopic (exact) mass is 891 g/mol. The maximum atomic E-state index is 12.8. The van der Waals surface area contributed by atoms with Gasteiger partial charge in [-0.3, -0.25) is 14.4 Å². The van der Waals surface area contributed by atoms with Gasteiger partial charge in [0.05, 0.1) is 0 Å². The maximum absolute atomic E-state index is 12.8. The molecule has 64 heavy (non-hydrogen) atoms. The Labute approximate surface area is 395 Å². The summed E-state index contributed by atoms with van der Waals surface area (Å²) in [5.41, 5.74) is 0. The Morgan fingerprint density at radius 2 is 0.609 bits per heavy atom. The molecule has 6 heteroatoms. The number of carbonyl (C=O) groups excluding carboxylic acids is 3. The van der Waals surface area contributed by atoms with Crippen molar-refractivity contribution in [2.24, 2.45) is 0 Å². The second-order valence-corrected chi connectivity index (χ2v) is 17.4. The highest BCUT2D eigenvalue weighted by Gasteiger charge is 2.19. The summed E-state index contributed by atoms with van der Waals surface area (Å²) in [6, 6.07) is 0. The minimum absolute atomic E-state index is 0.0861. The van der Waals surface area contributed by atoms with Crippen LogP contribution < -0.4 is 0 Å². The molecule has 0 saturated heterocycles. The molecule has 0 amide bonds. The van der Waals surface area contributed by atoms with Crippen LogP contribution in [0.1, 0.15) is 245 Å². The molecule has 0 aliphatic carbocycles. The highest BCUT2D eigenvalue weighted by molar-refractivity contribution is 5.71. The number of ether oxygens (including phenoxy) is 3. The van der Waals surface area contributed by atoms with Gasteiger partial charge >= 0.3 is 17.9 Å². The van der Waals surface area contributed by atoms with Crippen LogP contribution >= 0.6 is 0 Å². The van der Waals surface area contributed by atoms with Crippen LogP contribution in [0.4, 0.5) is 0 Å². The van der Waals surface area contributed by atoms with Gasteiger partial charge in [-0.05, 0) is 96.3 Å². The normalized spacial score (nSPS) is 12.7. The van der Waals surface area contributed by atoms with Gasteiger partial charge in [-0.15, -0.1) is 0 Å². The van der Waals surface area contributed by atoms with Gasteiger partial charge in [0, 0.05) is 19.3 Å². The molecule has 366 valence electrons. The lowest BCUT2D eigenvalue weighted by molar-refractivity contribution is -0.167. The molecule has 0 aromatic heterocycles. The Kier molecular flexibility index (Phi) is 49.4. The molecule has 0 aromatic rings. The van der Waals surface area contributed by atoms with Gasteiger partial charge < -0.3 is 14.2 Å². The molecule has 0 aliphatic heterocycles. The summed E-state index contributed by atoms with van der Waals surface area (Å²) in [5, 5.41) is 0. The van der Waals surface area contributed by atoms with Crippen molar-refractivity contribution >= 4 is 17.9 Å². The Morgan fingerprint density at radius 1 is 0.328 bits per heavy atom. The third kappa shape index (κ3) is 49.6. The van der Waals surface area contributed by atoms with E-state index in [1.54, 1.807) is 0 Å². The van der Waals surface area contributed by atoms with Crippen molar-refractivity contribution in [2.45, 2.75) is 252 Å². The smallest absolute Gasteiger partial charge is 0.306 e. The summed E-state index contributed by atoms with van der Waals surface area (Å²) < 4.78 is 16.7. The Morgan fingerprint density at radius 3 is 0.969 bits per heavy atom. The van der Waals surface area contributed by atoms with E-state index >= 15 is 0 Å². The largest absolute Gasteiger partial charge is 0.462 e. The third-order valence-corrected chi connectivity index (χ3v) is 11.1. The first-order valence-corrected chi connectivity index (χ1v) is 26.6. The molecule has 0 bridgehead atoms. The quantitative estimate of drug-likeness (QED) is 0.0262. The zero-order chi connectivity index (χ0) is 46.5. The molecule has 0 N–H and O–H groups in total. The number of hydrogen-bond donors (Lipinski definition) is 0. The van der Waals surface area contributed by atoms with E-state index < -0.39 is 6.10 Å². The predicted octanol–water partition coefficient (Wildman–Crippen LogP) is 17.6. The fraction of sp³-hybridized carbons (Fsp3) is 0.707. The number of carbonyl (C=O) groups is 3. The number of hydrogen-bond acceptors (Lipinski definition) is 6. The average molecular weight is 891 g/mol. The van der Waals surface area contributed by atoms with Crippen molar-refractivity contribution in [3.8, 4) is 0 Å². The molecule has 0 heterocycles. The van der Waals surface area contributed by atoms with Gasteiger partial charge in [-0.25, -0.2) is 0 Å². The van der Waals surface area contributed by atoms with Gasteiger partial charge in [0.1, 0.15) is 13.2 Å². The highest BCUT2D eigenvalue weighted by Crippen LogP contribution is 2.14. The first-order chi connectivity index (χ1) is 31.5. The van der Waals surface area contributed by atoms with Gasteiger partial charge in [0.15, 0.2) is 6.10 Å². The summed E-state index contributed by atoms with van der Waals surface area (Å²) in [4.78, 5) is 37.9. The molecule has 6 nitrogen and oxygen atoms in total. The third-order valence-electron chi connectivity index (χ3n) is 11.1. The summed E-state index contributed by atoms with van der Waals surface area (Å²) >= 11 is 0. The summed E-state index contributed by atoms with van der Waals surface area (Å²) in [6.45, 7) is 6.44. The molecule has 0 aromatic carbocycles. The lowest BCUT2D eigenvalue weighted by Gasteiger charge is -2.18. The van der Waals surface area contributed by atoms with Gasteiger partial charge in [0.2, 0.25) is 0 Å². The van der Waals surface area contributed by atoms with E-state index in [2.05, 4.69) is 106 Å². The highest BCUT2D eigenvalue weighted by atomic mass is 16.6. The van der Waals surface area contributed by atoms with Crippen LogP contribution in [0.2, 0.25) is 0 Å². The molecule has 0 saturated carbocycles. The first-order valence-electron chi connectivity index (χ1n) is 26.6. The molecule has 0 rings (SSSR count). The van der Waals surface area contributed by atoms with Gasteiger partial charge in [-0.2, -0.15) is 0 Å². The number of unbranched alkanes of at least 4 members (excludes halogenated alkanes) is 22. The van der Waals surface area contributed by atoms with E-state index in [9.17, 15) is 14.4 Å². The van der Waals surface area contributed by atoms with E-state index in [1.807, 2.05) is 0 Å². The molecule has 0 spiro atoms. The van der Waals surface area contributed by atoms with E-state index in [4.69, 9.17) is 14.2 Å². The van der Waals surface area contributed by atoms with Gasteiger partial charge in [0.25, 0.3) is 0 Å². The van der Waals surface area contributed by atoms with Crippen LogP contribution in [0.5, 0.6) is 0 Å². The summed E-state index contributed by atoms with van der Waals surface area (Å²) in [6.07, 6.45) is 67.2. The number of allylic oxidation sites excluding steroid dienone is 14. The van der Waals surface area contributed by atoms with Gasteiger partial charge in [-0.1, -0.05) is 215 Å². The second-order valence-electron chi connectivity index (χ2n) is 17.4. The number of esters is 3. The van der Waals surface area contributed by atoms with Crippen molar-refractivity contribution in [1.29, 1.82) is 0 Å². The van der Waals surface area contributed by atoms with Crippen molar-refractivity contribution in [1.82, 2.24) is 0 Å². The van der Waals surface area contributed by atoms with E-state index in [1.165, 1.54) is 83.5 Å². The zero-order valence-electron chi connectivity index (χ0n) is 41.8. The summed E-state index contributed by atoms with van der Waals surface area (Å²) in [5.74, 6) is -0.920. The Balaban J connectivity index is 4.30. The number of rotatable bonds is 47. The molecule has 1 unspecified atom stereocenters. The molecular formula is C58H98O6. The lowest BCUT2D eigenvalue weighted by Crippen LogP contribution is -2.30. The van der Waals surface area contributed by atoms with Crippen LogP contribution in [0.15, 0.2) is 85.1 Å². The van der Waals surface area contributed by atoms with Crippen LogP contribution in [-0.4, -0.2) is 37.2 Å². The van der Waals surface area contributed by atoms with Crippen molar-refractivity contribution in [2.75, 3.05) is 13.2 Å². The SMILES string of the molecule is CC/C=C\C/C=C\C/C=C\C/C=C\C/C=C\CCCCCCCC(=O)OCC(COC(=O)CCCCCCCCC)OC(=O)CCCCCCCCC/C=C\C/C=C\CCCCCC. The van der Waals surface area contributed by atoms with Crippen molar-refractivity contribution in [3.63, 3.8) is 0 Å². The Hall–Kier alpha value is -3.41. The summed E-state index contributed by atoms with van der Waals surface area (Å²) in [7, 11) is 0. The standard InChI is InChI=1S/C58H98O6/c1-4-7-10-13-16-18-20-22-24-26-28-29-30-32-33-35-37-39-42-45-48-51-57(60)63-54-55(53-62-56(59)50-47-44-41-15-12-9-6-3)64-58(61)52-49-46-43-40-38-36-34-31-27-25-23-21-19-17-14-11-8-5-2/h7,10,16,18-19,21-22,24-25,27-29,32-33,55H,4-6,8-9,11-15,17,20,23,26,30-31,34-54H2,1-3H3/b10-7-,18-16-,21-19-,24-22-,27-25-,29-28-,33-32-. The second kappa shape index (κ2) is 52.2. The minimum Gasteiger partial charge on any atom is -0.462 e. The van der Waals surface area contributed by atoms with E-state index in [0.717, 1.165) is 122 Å². The van der Waals surface area contributed by atoms with E-state index in [-0.39, 0.29) is 31.1 Å². The van der Waals surface area contributed by atoms with Crippen LogP contribution in [0.25, 0.3) is 0 Å². The van der Waals surface area contributed by atoms with Crippen molar-refractivity contribution < 1.29 is 28.6 Å². The minimum atomic E-state index is -0.786. The van der Waals surface area contributed by atoms with Crippen LogP contribution in [-0.2, 0) is 28.6 Å². The topological polar surface area (TPSA) is 78.9 Å². The Bertz CT molecular complexity index is 1250. The maximum Gasteiger partial charge on any atom is 0.306 e. The van der Waals surface area contributed by atoms with E-state index in [0.29, 0.717) is 19.3 Å². The molecule has 0 aliphatic rings.